The Morgan fingerprint density at radius 3 is 2.78 bits per heavy atom. The van der Waals surface area contributed by atoms with Gasteiger partial charge in [0.2, 0.25) is 0 Å². The van der Waals surface area contributed by atoms with Crippen LogP contribution in [-0.4, -0.2) is 36.3 Å². The van der Waals surface area contributed by atoms with Gasteiger partial charge in [-0.2, -0.15) is 0 Å². The average Bonchev–Trinajstić information content (AvgIpc) is 3.02. The second-order valence-corrected chi connectivity index (χ2v) is 5.57. The molecule has 1 saturated heterocycles. The summed E-state index contributed by atoms with van der Waals surface area (Å²) in [6, 6.07) is 12.2. The first-order chi connectivity index (χ1) is 11.1. The molecule has 1 aromatic carbocycles. The maximum absolute atomic E-state index is 14.2. The van der Waals surface area contributed by atoms with Crippen LogP contribution >= 0.6 is 0 Å². The number of pyridine rings is 1. The number of nitrogens with zero attached hydrogens (tertiary/aromatic N) is 1. The molecule has 23 heavy (non-hydrogen) atoms. The van der Waals surface area contributed by atoms with E-state index in [0.29, 0.717) is 36.6 Å². The van der Waals surface area contributed by atoms with Crippen LogP contribution in [0.4, 0.5) is 10.2 Å². The Morgan fingerprint density at radius 1 is 1.30 bits per heavy atom. The molecular formula is C17H18FN3O2. The van der Waals surface area contributed by atoms with Crippen molar-refractivity contribution in [3.8, 4) is 5.75 Å². The van der Waals surface area contributed by atoms with Crippen LogP contribution in [0.2, 0.25) is 0 Å². The lowest BCUT2D eigenvalue weighted by molar-refractivity contribution is 0.102. The first kappa shape index (κ1) is 15.4. The van der Waals surface area contributed by atoms with Gasteiger partial charge in [-0.05, 0) is 37.2 Å². The van der Waals surface area contributed by atoms with Gasteiger partial charge in [-0.25, -0.2) is 9.37 Å². The summed E-state index contributed by atoms with van der Waals surface area (Å²) in [6.45, 7) is 0.978. The van der Waals surface area contributed by atoms with Gasteiger partial charge in [0.25, 0.3) is 5.91 Å². The lowest BCUT2D eigenvalue weighted by Crippen LogP contribution is -2.33. The third kappa shape index (κ3) is 4.04. The lowest BCUT2D eigenvalue weighted by atomic mass is 10.1. The van der Waals surface area contributed by atoms with Crippen molar-refractivity contribution in [1.82, 2.24) is 10.3 Å². The summed E-state index contributed by atoms with van der Waals surface area (Å²) in [5, 5.41) is 5.68. The summed E-state index contributed by atoms with van der Waals surface area (Å²) in [7, 11) is 0. The van der Waals surface area contributed by atoms with E-state index in [1.54, 1.807) is 36.4 Å². The molecule has 1 unspecified atom stereocenters. The number of halogens is 1. The molecule has 1 amide bonds. The summed E-state index contributed by atoms with van der Waals surface area (Å²) >= 11 is 0. The number of carbonyl (C=O) groups is 1. The molecule has 0 aliphatic carbocycles. The van der Waals surface area contributed by atoms with Crippen molar-refractivity contribution >= 4 is 11.7 Å². The number of hydrogen-bond donors (Lipinski definition) is 2. The fourth-order valence-corrected chi connectivity index (χ4v) is 2.37. The number of alkyl halides is 1. The van der Waals surface area contributed by atoms with E-state index in [1.165, 1.54) is 6.20 Å². The van der Waals surface area contributed by atoms with Gasteiger partial charge in [-0.15, -0.1) is 0 Å². The molecule has 1 aromatic heterocycles. The molecule has 120 valence electrons. The van der Waals surface area contributed by atoms with Crippen molar-refractivity contribution in [3.63, 3.8) is 0 Å². The van der Waals surface area contributed by atoms with Gasteiger partial charge in [0, 0.05) is 12.1 Å². The Balaban J connectivity index is 1.56. The summed E-state index contributed by atoms with van der Waals surface area (Å²) in [5.74, 6) is 0.668. The molecule has 2 heterocycles. The van der Waals surface area contributed by atoms with Crippen LogP contribution in [0.25, 0.3) is 0 Å². The van der Waals surface area contributed by atoms with Gasteiger partial charge in [-0.3, -0.25) is 4.79 Å². The molecule has 6 heteroatoms. The Bertz CT molecular complexity index is 655. The summed E-state index contributed by atoms with van der Waals surface area (Å²) in [6.07, 6.45) is 1.93. The van der Waals surface area contributed by atoms with E-state index in [2.05, 4.69) is 15.6 Å². The summed E-state index contributed by atoms with van der Waals surface area (Å²) < 4.78 is 19.6. The molecule has 1 aliphatic heterocycles. The first-order valence-electron chi connectivity index (χ1n) is 7.50. The zero-order chi connectivity index (χ0) is 16.1. The van der Waals surface area contributed by atoms with Gasteiger partial charge in [0.05, 0.1) is 6.20 Å². The monoisotopic (exact) mass is 315 g/mol. The van der Waals surface area contributed by atoms with E-state index >= 15 is 0 Å². The van der Waals surface area contributed by atoms with Crippen LogP contribution in [0.1, 0.15) is 16.8 Å². The molecule has 0 bridgehead atoms. The number of anilines is 1. The van der Waals surface area contributed by atoms with Crippen LogP contribution in [0.3, 0.4) is 0 Å². The predicted molar refractivity (Wildman–Crippen MR) is 85.5 cm³/mol. The number of rotatable bonds is 5. The maximum Gasteiger partial charge on any atom is 0.256 e. The minimum absolute atomic E-state index is 0.00258. The normalized spacial score (nSPS) is 20.2. The average molecular weight is 315 g/mol. The van der Waals surface area contributed by atoms with E-state index < -0.39 is 5.67 Å². The Morgan fingerprint density at radius 2 is 2.13 bits per heavy atom. The molecule has 0 spiro atoms. The molecule has 1 fully saturated rings. The van der Waals surface area contributed by atoms with Gasteiger partial charge >= 0.3 is 0 Å². The molecular weight excluding hydrogens is 297 g/mol. The number of carbonyl (C=O) groups excluding carboxylic acids is 1. The summed E-state index contributed by atoms with van der Waals surface area (Å²) in [5.41, 5.74) is -0.761. The third-order valence-electron chi connectivity index (χ3n) is 3.70. The molecule has 1 aliphatic rings. The summed E-state index contributed by atoms with van der Waals surface area (Å²) in [4.78, 5) is 16.1. The van der Waals surface area contributed by atoms with Crippen molar-refractivity contribution in [2.24, 2.45) is 0 Å². The SMILES string of the molecule is O=C(Nc1ccc(OCC2(F)CCNC2)cn1)c1ccccc1. The van der Waals surface area contributed by atoms with Crippen molar-refractivity contribution in [2.75, 3.05) is 25.0 Å². The van der Waals surface area contributed by atoms with Crippen molar-refractivity contribution in [2.45, 2.75) is 12.1 Å². The van der Waals surface area contributed by atoms with Gasteiger partial charge in [0.1, 0.15) is 18.2 Å². The molecule has 3 rings (SSSR count). The fraction of sp³-hybridized carbons (Fsp3) is 0.294. The molecule has 5 nitrogen and oxygen atoms in total. The number of ether oxygens (including phenoxy) is 1. The number of nitrogens with one attached hydrogen (secondary N) is 2. The second-order valence-electron chi connectivity index (χ2n) is 5.57. The van der Waals surface area contributed by atoms with Crippen LogP contribution in [-0.2, 0) is 0 Å². The fourth-order valence-electron chi connectivity index (χ4n) is 2.37. The molecule has 2 N–H and O–H groups in total. The van der Waals surface area contributed by atoms with E-state index in [1.807, 2.05) is 6.07 Å². The second kappa shape index (κ2) is 6.75. The van der Waals surface area contributed by atoms with E-state index in [9.17, 15) is 9.18 Å². The lowest BCUT2D eigenvalue weighted by Gasteiger charge is -2.18. The maximum atomic E-state index is 14.2. The Labute approximate surface area is 133 Å². The topological polar surface area (TPSA) is 63.2 Å². The van der Waals surface area contributed by atoms with Crippen molar-refractivity contribution in [3.05, 3.63) is 54.2 Å². The number of benzene rings is 1. The van der Waals surface area contributed by atoms with Crippen LogP contribution in [0.5, 0.6) is 5.75 Å². The number of amides is 1. The zero-order valence-electron chi connectivity index (χ0n) is 12.6. The Hall–Kier alpha value is -2.47. The molecule has 0 saturated carbocycles. The number of hydrogen-bond acceptors (Lipinski definition) is 4. The highest BCUT2D eigenvalue weighted by Gasteiger charge is 2.34. The standard InChI is InChI=1S/C17H18FN3O2/c18-17(8-9-19-11-17)12-23-14-6-7-15(20-10-14)21-16(22)13-4-2-1-3-5-13/h1-7,10,19H,8-9,11-12H2,(H,20,21,22). The highest BCUT2D eigenvalue weighted by molar-refractivity contribution is 6.03. The molecule has 2 aromatic rings. The molecule has 0 radical (unpaired) electrons. The zero-order valence-corrected chi connectivity index (χ0v) is 12.6. The minimum Gasteiger partial charge on any atom is -0.489 e. The third-order valence-corrected chi connectivity index (χ3v) is 3.70. The highest BCUT2D eigenvalue weighted by Crippen LogP contribution is 2.22. The highest BCUT2D eigenvalue weighted by atomic mass is 19.1. The Kier molecular flexibility index (Phi) is 4.52. The number of aromatic nitrogens is 1. The van der Waals surface area contributed by atoms with Crippen LogP contribution < -0.4 is 15.4 Å². The van der Waals surface area contributed by atoms with Crippen LogP contribution in [0, 0.1) is 0 Å². The van der Waals surface area contributed by atoms with E-state index in [0.717, 1.165) is 0 Å². The predicted octanol–water partition coefficient (Wildman–Crippen LogP) is 2.41. The van der Waals surface area contributed by atoms with Crippen molar-refractivity contribution in [1.29, 1.82) is 0 Å². The quantitative estimate of drug-likeness (QED) is 0.889. The van der Waals surface area contributed by atoms with Gasteiger partial charge in [-0.1, -0.05) is 18.2 Å². The molecule has 1 atom stereocenters. The smallest absolute Gasteiger partial charge is 0.256 e. The van der Waals surface area contributed by atoms with Gasteiger partial charge in [0.15, 0.2) is 5.67 Å². The first-order valence-corrected chi connectivity index (χ1v) is 7.50. The van der Waals surface area contributed by atoms with Gasteiger partial charge < -0.3 is 15.4 Å². The van der Waals surface area contributed by atoms with E-state index in [-0.39, 0.29) is 12.5 Å². The minimum atomic E-state index is -1.32. The van der Waals surface area contributed by atoms with E-state index in [4.69, 9.17) is 4.74 Å². The van der Waals surface area contributed by atoms with Crippen molar-refractivity contribution < 1.29 is 13.9 Å². The van der Waals surface area contributed by atoms with Crippen LogP contribution in [0.15, 0.2) is 48.7 Å². The largest absolute Gasteiger partial charge is 0.489 e.